The van der Waals surface area contributed by atoms with Crippen molar-refractivity contribution in [2.45, 2.75) is 25.7 Å². The van der Waals surface area contributed by atoms with Crippen molar-refractivity contribution in [3.8, 4) is 0 Å². The predicted molar refractivity (Wildman–Crippen MR) is 98.9 cm³/mol. The van der Waals surface area contributed by atoms with E-state index in [-0.39, 0.29) is 11.8 Å². The number of hydrogen-bond acceptors (Lipinski definition) is 3. The smallest absolute Gasteiger partial charge is 0.255 e. The number of aromatic nitrogens is 1. The third-order valence-electron chi connectivity index (χ3n) is 5.35. The molecule has 1 aliphatic carbocycles. The van der Waals surface area contributed by atoms with Crippen LogP contribution in [0.5, 0.6) is 0 Å². The van der Waals surface area contributed by atoms with E-state index in [9.17, 15) is 9.59 Å². The minimum atomic E-state index is -0.0104. The van der Waals surface area contributed by atoms with E-state index in [0.717, 1.165) is 18.4 Å². The molecule has 1 fully saturated rings. The highest BCUT2D eigenvalue weighted by Gasteiger charge is 2.25. The maximum Gasteiger partial charge on any atom is 0.255 e. The van der Waals surface area contributed by atoms with Gasteiger partial charge in [0.1, 0.15) is 0 Å². The van der Waals surface area contributed by atoms with Gasteiger partial charge >= 0.3 is 0 Å². The topological polar surface area (TPSA) is 53.5 Å². The van der Waals surface area contributed by atoms with E-state index in [1.54, 1.807) is 29.4 Å². The van der Waals surface area contributed by atoms with Crippen molar-refractivity contribution >= 4 is 11.8 Å². The molecule has 1 aromatic heterocycles. The monoisotopic (exact) mass is 349 g/mol. The molecular weight excluding hydrogens is 326 g/mol. The summed E-state index contributed by atoms with van der Waals surface area (Å²) < 4.78 is 0. The van der Waals surface area contributed by atoms with E-state index in [1.807, 2.05) is 4.90 Å². The molecule has 2 aromatic rings. The minimum Gasteiger partial charge on any atom is -0.339 e. The van der Waals surface area contributed by atoms with Gasteiger partial charge in [-0.05, 0) is 48.1 Å². The van der Waals surface area contributed by atoms with Gasteiger partial charge in [0.25, 0.3) is 5.91 Å². The molecular formula is C21H23N3O2. The molecule has 1 aliphatic heterocycles. The number of aryl methyl sites for hydroxylation is 2. The molecule has 2 aliphatic rings. The summed E-state index contributed by atoms with van der Waals surface area (Å²) in [5.74, 6) is 0.139. The second-order valence-electron chi connectivity index (χ2n) is 7.05. The Labute approximate surface area is 153 Å². The van der Waals surface area contributed by atoms with Gasteiger partial charge in [-0.15, -0.1) is 0 Å². The number of benzene rings is 1. The van der Waals surface area contributed by atoms with Crippen LogP contribution in [0.3, 0.4) is 0 Å². The number of amides is 2. The molecule has 0 bridgehead atoms. The van der Waals surface area contributed by atoms with Crippen molar-refractivity contribution in [1.29, 1.82) is 0 Å². The fraction of sp³-hybridized carbons (Fsp3) is 0.381. The molecule has 134 valence electrons. The van der Waals surface area contributed by atoms with E-state index in [4.69, 9.17) is 0 Å². The zero-order valence-corrected chi connectivity index (χ0v) is 14.9. The Bertz CT molecular complexity index is 811. The molecule has 1 saturated heterocycles. The summed E-state index contributed by atoms with van der Waals surface area (Å²) in [4.78, 5) is 32.8. The molecule has 2 amide bonds. The summed E-state index contributed by atoms with van der Waals surface area (Å²) in [6.07, 6.45) is 7.21. The summed E-state index contributed by atoms with van der Waals surface area (Å²) in [6, 6.07) is 10.0. The first-order chi connectivity index (χ1) is 12.7. The minimum absolute atomic E-state index is 0.0104. The predicted octanol–water partition coefficient (Wildman–Crippen LogP) is 2.10. The molecule has 0 spiro atoms. The molecule has 0 unspecified atom stereocenters. The van der Waals surface area contributed by atoms with Gasteiger partial charge in [0.05, 0.1) is 12.0 Å². The maximum absolute atomic E-state index is 12.6. The first-order valence-electron chi connectivity index (χ1n) is 9.28. The summed E-state index contributed by atoms with van der Waals surface area (Å²) in [5, 5.41) is 0. The zero-order valence-electron chi connectivity index (χ0n) is 14.9. The van der Waals surface area contributed by atoms with Gasteiger partial charge in [0.2, 0.25) is 5.91 Å². The fourth-order valence-corrected chi connectivity index (χ4v) is 3.85. The first-order valence-corrected chi connectivity index (χ1v) is 9.28. The van der Waals surface area contributed by atoms with Gasteiger partial charge in [0, 0.05) is 38.6 Å². The summed E-state index contributed by atoms with van der Waals surface area (Å²) in [6.45, 7) is 2.33. The second-order valence-corrected chi connectivity index (χ2v) is 7.05. The average Bonchev–Trinajstić information content (AvgIpc) is 3.16. The van der Waals surface area contributed by atoms with Gasteiger partial charge in [-0.2, -0.15) is 0 Å². The fourth-order valence-electron chi connectivity index (χ4n) is 3.85. The average molecular weight is 349 g/mol. The van der Waals surface area contributed by atoms with E-state index in [2.05, 4.69) is 23.2 Å². The Kier molecular flexibility index (Phi) is 4.69. The van der Waals surface area contributed by atoms with E-state index >= 15 is 0 Å². The molecule has 5 nitrogen and oxygen atoms in total. The number of fused-ring (bicyclic) bond motifs is 1. The number of piperazine rings is 1. The normalized spacial score (nSPS) is 16.5. The first kappa shape index (κ1) is 16.8. The quantitative estimate of drug-likeness (QED) is 0.853. The molecule has 0 radical (unpaired) electrons. The van der Waals surface area contributed by atoms with Crippen LogP contribution in [-0.4, -0.2) is 52.8 Å². The van der Waals surface area contributed by atoms with Crippen molar-refractivity contribution in [2.75, 3.05) is 26.2 Å². The summed E-state index contributed by atoms with van der Waals surface area (Å²) >= 11 is 0. The molecule has 2 heterocycles. The van der Waals surface area contributed by atoms with Gasteiger partial charge in [-0.25, -0.2) is 0 Å². The number of nitrogens with zero attached hydrogens (tertiary/aromatic N) is 3. The maximum atomic E-state index is 12.6. The standard InChI is InChI=1S/C21H23N3O2/c25-20(14-16-6-7-17-3-1-4-18(17)13-16)23-9-11-24(12-10-23)21(26)19-5-2-8-22-15-19/h2,5-8,13,15H,1,3-4,9-12,14H2. The van der Waals surface area contributed by atoms with Crippen LogP contribution in [0.1, 0.15) is 33.5 Å². The SMILES string of the molecule is O=C(Cc1ccc2c(c1)CCC2)N1CCN(C(=O)c2cccnc2)CC1. The van der Waals surface area contributed by atoms with Crippen LogP contribution in [0.25, 0.3) is 0 Å². The molecule has 0 N–H and O–H groups in total. The third-order valence-corrected chi connectivity index (χ3v) is 5.35. The molecule has 1 aromatic carbocycles. The Hall–Kier alpha value is -2.69. The van der Waals surface area contributed by atoms with Gasteiger partial charge < -0.3 is 9.80 Å². The Morgan fingerprint density at radius 3 is 2.50 bits per heavy atom. The molecule has 0 atom stereocenters. The number of carbonyl (C=O) groups is 2. The lowest BCUT2D eigenvalue weighted by molar-refractivity contribution is -0.131. The van der Waals surface area contributed by atoms with Crippen LogP contribution in [0.2, 0.25) is 0 Å². The largest absolute Gasteiger partial charge is 0.339 e. The molecule has 26 heavy (non-hydrogen) atoms. The van der Waals surface area contributed by atoms with E-state index in [0.29, 0.717) is 38.2 Å². The van der Waals surface area contributed by atoms with Crippen LogP contribution in [-0.2, 0) is 24.1 Å². The Morgan fingerprint density at radius 2 is 1.73 bits per heavy atom. The summed E-state index contributed by atoms with van der Waals surface area (Å²) in [7, 11) is 0. The van der Waals surface area contributed by atoms with Crippen LogP contribution in [0, 0.1) is 0 Å². The molecule has 4 rings (SSSR count). The van der Waals surface area contributed by atoms with Crippen molar-refractivity contribution in [1.82, 2.24) is 14.8 Å². The number of hydrogen-bond donors (Lipinski definition) is 0. The van der Waals surface area contributed by atoms with Crippen molar-refractivity contribution in [2.24, 2.45) is 0 Å². The number of carbonyl (C=O) groups excluding carboxylic acids is 2. The van der Waals surface area contributed by atoms with Crippen LogP contribution >= 0.6 is 0 Å². The molecule has 0 saturated carbocycles. The van der Waals surface area contributed by atoms with Gasteiger partial charge in [0.15, 0.2) is 0 Å². The van der Waals surface area contributed by atoms with Crippen LogP contribution in [0.15, 0.2) is 42.7 Å². The highest BCUT2D eigenvalue weighted by atomic mass is 16.2. The highest BCUT2D eigenvalue weighted by molar-refractivity contribution is 5.94. The van der Waals surface area contributed by atoms with E-state index < -0.39 is 0 Å². The zero-order chi connectivity index (χ0) is 17.9. The number of rotatable bonds is 3. The second kappa shape index (κ2) is 7.28. The molecule has 5 heteroatoms. The van der Waals surface area contributed by atoms with E-state index in [1.165, 1.54) is 17.5 Å². The van der Waals surface area contributed by atoms with Crippen LogP contribution in [0.4, 0.5) is 0 Å². The third kappa shape index (κ3) is 3.47. The van der Waals surface area contributed by atoms with Gasteiger partial charge in [-0.1, -0.05) is 18.2 Å². The lowest BCUT2D eigenvalue weighted by atomic mass is 10.0. The highest BCUT2D eigenvalue weighted by Crippen LogP contribution is 2.23. The van der Waals surface area contributed by atoms with Crippen molar-refractivity contribution in [3.05, 3.63) is 65.0 Å². The Balaban J connectivity index is 1.33. The van der Waals surface area contributed by atoms with Gasteiger partial charge in [-0.3, -0.25) is 14.6 Å². The number of pyridine rings is 1. The van der Waals surface area contributed by atoms with Crippen molar-refractivity contribution < 1.29 is 9.59 Å². The van der Waals surface area contributed by atoms with Crippen LogP contribution < -0.4 is 0 Å². The summed E-state index contributed by atoms with van der Waals surface area (Å²) in [5.41, 5.74) is 4.54. The lowest BCUT2D eigenvalue weighted by Gasteiger charge is -2.34. The lowest BCUT2D eigenvalue weighted by Crippen LogP contribution is -2.51. The Morgan fingerprint density at radius 1 is 0.962 bits per heavy atom. The van der Waals surface area contributed by atoms with Crippen molar-refractivity contribution in [3.63, 3.8) is 0 Å².